The first-order chi connectivity index (χ1) is 18.7. The highest BCUT2D eigenvalue weighted by Gasteiger charge is 2.31. The number of sulfone groups is 1. The summed E-state index contributed by atoms with van der Waals surface area (Å²) in [6.07, 6.45) is -1.93. The third-order valence-corrected chi connectivity index (χ3v) is 7.53. The summed E-state index contributed by atoms with van der Waals surface area (Å²) in [5.41, 5.74) is -0.0536. The lowest BCUT2D eigenvalue weighted by Crippen LogP contribution is -2.33. The van der Waals surface area contributed by atoms with E-state index in [9.17, 15) is 31.2 Å². The molecule has 0 aliphatic rings. The van der Waals surface area contributed by atoms with E-state index in [0.717, 1.165) is 28.6 Å². The lowest BCUT2D eigenvalue weighted by atomic mass is 10.1. The molecule has 0 aliphatic carbocycles. The molecule has 210 valence electrons. The first kappa shape index (κ1) is 28.8. The van der Waals surface area contributed by atoms with Gasteiger partial charge < -0.3 is 10.3 Å². The van der Waals surface area contributed by atoms with E-state index in [0.29, 0.717) is 22.6 Å². The molecule has 2 N–H and O–H groups in total. The van der Waals surface area contributed by atoms with Crippen LogP contribution in [0.15, 0.2) is 70.5 Å². The van der Waals surface area contributed by atoms with Gasteiger partial charge in [0.1, 0.15) is 11.4 Å². The summed E-state index contributed by atoms with van der Waals surface area (Å²) < 4.78 is 64.9. The average Bonchev–Trinajstić information content (AvgIpc) is 3.37. The maximum absolute atomic E-state index is 13.6. The van der Waals surface area contributed by atoms with Crippen molar-refractivity contribution in [2.75, 3.05) is 6.26 Å². The number of hydrogen-bond acceptors (Lipinski definition) is 5. The van der Waals surface area contributed by atoms with Gasteiger partial charge in [-0.2, -0.15) is 13.2 Å². The standard InChI is InChI=1S/C28H27F3N4O4S/c1-16(2)24-15-32-25(34-24)22-13-23(26(36)33-14-18-8-10-21(11-9-18)40(4,38)39)27(37)35(17(22)3)20-7-5-6-19(12-20)28(29,30)31/h5-13,15-16H,14H2,1-4H3,(H,32,34)(H,33,36). The second-order valence-corrected chi connectivity index (χ2v) is 11.7. The van der Waals surface area contributed by atoms with Crippen LogP contribution < -0.4 is 10.9 Å². The molecule has 4 rings (SSSR count). The number of aromatic amines is 1. The minimum atomic E-state index is -4.63. The Labute approximate surface area is 228 Å². The predicted octanol–water partition coefficient (Wildman–Crippen LogP) is 5.01. The molecule has 2 heterocycles. The van der Waals surface area contributed by atoms with Gasteiger partial charge >= 0.3 is 6.18 Å². The summed E-state index contributed by atoms with van der Waals surface area (Å²) in [4.78, 5) is 34.5. The van der Waals surface area contributed by atoms with Crippen molar-refractivity contribution >= 4 is 15.7 Å². The quantitative estimate of drug-likeness (QED) is 0.323. The Bertz CT molecular complexity index is 1740. The molecule has 1 amide bonds. The zero-order chi connectivity index (χ0) is 29.4. The lowest BCUT2D eigenvalue weighted by molar-refractivity contribution is -0.137. The van der Waals surface area contributed by atoms with Crippen LogP contribution in [-0.4, -0.2) is 35.1 Å². The first-order valence-corrected chi connectivity index (χ1v) is 14.1. The summed E-state index contributed by atoms with van der Waals surface area (Å²) in [7, 11) is -3.39. The van der Waals surface area contributed by atoms with Crippen LogP contribution in [0.1, 0.15) is 52.6 Å². The molecule has 4 aromatic rings. The van der Waals surface area contributed by atoms with Gasteiger partial charge in [-0.05, 0) is 54.8 Å². The number of halogens is 3. The average molecular weight is 573 g/mol. The Morgan fingerprint density at radius 1 is 1.10 bits per heavy atom. The number of imidazole rings is 1. The van der Waals surface area contributed by atoms with Crippen LogP contribution in [0.25, 0.3) is 17.1 Å². The SMILES string of the molecule is Cc1c(-c2ncc(C(C)C)[nH]2)cc(C(=O)NCc2ccc(S(C)(=O)=O)cc2)c(=O)n1-c1cccc(C(F)(F)F)c1. The highest BCUT2D eigenvalue weighted by atomic mass is 32.2. The van der Waals surface area contributed by atoms with Crippen molar-refractivity contribution in [2.45, 2.75) is 44.3 Å². The second-order valence-electron chi connectivity index (χ2n) is 9.69. The number of carbonyl (C=O) groups is 1. The summed E-state index contributed by atoms with van der Waals surface area (Å²) in [6, 6.07) is 11.6. The van der Waals surface area contributed by atoms with Crippen molar-refractivity contribution in [3.8, 4) is 17.1 Å². The number of amides is 1. The topological polar surface area (TPSA) is 114 Å². The molecule has 8 nitrogen and oxygen atoms in total. The summed E-state index contributed by atoms with van der Waals surface area (Å²) in [5, 5.41) is 2.64. The zero-order valence-corrected chi connectivity index (χ0v) is 22.9. The zero-order valence-electron chi connectivity index (χ0n) is 22.1. The van der Waals surface area contributed by atoms with E-state index >= 15 is 0 Å². The molecule has 0 fully saturated rings. The van der Waals surface area contributed by atoms with Gasteiger partial charge in [-0.1, -0.05) is 32.0 Å². The van der Waals surface area contributed by atoms with Crippen molar-refractivity contribution in [1.82, 2.24) is 19.9 Å². The normalized spacial score (nSPS) is 12.1. The van der Waals surface area contributed by atoms with E-state index in [4.69, 9.17) is 0 Å². The van der Waals surface area contributed by atoms with E-state index in [2.05, 4.69) is 15.3 Å². The van der Waals surface area contributed by atoms with Gasteiger partial charge in [0, 0.05) is 41.6 Å². The van der Waals surface area contributed by atoms with Gasteiger partial charge in [0.2, 0.25) is 0 Å². The van der Waals surface area contributed by atoms with Gasteiger partial charge in [-0.15, -0.1) is 0 Å². The van der Waals surface area contributed by atoms with Crippen LogP contribution in [0.3, 0.4) is 0 Å². The maximum Gasteiger partial charge on any atom is 0.416 e. The molecular weight excluding hydrogens is 545 g/mol. The maximum atomic E-state index is 13.6. The fourth-order valence-electron chi connectivity index (χ4n) is 4.14. The smallest absolute Gasteiger partial charge is 0.348 e. The Morgan fingerprint density at radius 3 is 2.35 bits per heavy atom. The Hall–Kier alpha value is -4.19. The van der Waals surface area contributed by atoms with Crippen LogP contribution in [0.5, 0.6) is 0 Å². The van der Waals surface area contributed by atoms with Gasteiger partial charge in [0.05, 0.1) is 10.5 Å². The molecule has 40 heavy (non-hydrogen) atoms. The summed E-state index contributed by atoms with van der Waals surface area (Å²) >= 11 is 0. The van der Waals surface area contributed by atoms with Gasteiger partial charge in [0.15, 0.2) is 9.84 Å². The molecular formula is C28H27F3N4O4S. The van der Waals surface area contributed by atoms with Gasteiger partial charge in [-0.3, -0.25) is 14.2 Å². The number of H-pyrrole nitrogens is 1. The molecule has 0 atom stereocenters. The van der Waals surface area contributed by atoms with Crippen molar-refractivity contribution < 1.29 is 26.4 Å². The predicted molar refractivity (Wildman–Crippen MR) is 144 cm³/mol. The second kappa shape index (κ2) is 10.8. The third kappa shape index (κ3) is 6.01. The molecule has 0 spiro atoms. The monoisotopic (exact) mass is 572 g/mol. The molecule has 2 aromatic carbocycles. The summed E-state index contributed by atoms with van der Waals surface area (Å²) in [6.45, 7) is 5.46. The number of hydrogen-bond donors (Lipinski definition) is 2. The molecule has 2 aromatic heterocycles. The molecule has 0 saturated carbocycles. The molecule has 0 saturated heterocycles. The Balaban J connectivity index is 1.80. The van der Waals surface area contributed by atoms with E-state index in [1.807, 2.05) is 13.8 Å². The fourth-order valence-corrected chi connectivity index (χ4v) is 4.77. The molecule has 0 radical (unpaired) electrons. The van der Waals surface area contributed by atoms with Crippen LogP contribution >= 0.6 is 0 Å². The highest BCUT2D eigenvalue weighted by Crippen LogP contribution is 2.31. The van der Waals surface area contributed by atoms with Crippen LogP contribution in [0.4, 0.5) is 13.2 Å². The Morgan fingerprint density at radius 2 is 1.77 bits per heavy atom. The number of nitrogens with zero attached hydrogens (tertiary/aromatic N) is 2. The third-order valence-electron chi connectivity index (χ3n) is 6.40. The number of nitrogens with one attached hydrogen (secondary N) is 2. The van der Waals surface area contributed by atoms with Gasteiger partial charge in [0.25, 0.3) is 11.5 Å². The Kier molecular flexibility index (Phi) is 7.75. The van der Waals surface area contributed by atoms with E-state index < -0.39 is 33.0 Å². The van der Waals surface area contributed by atoms with Gasteiger partial charge in [-0.25, -0.2) is 13.4 Å². The fraction of sp³-hybridized carbons (Fsp3) is 0.250. The summed E-state index contributed by atoms with van der Waals surface area (Å²) in [5.74, 6) is -0.296. The van der Waals surface area contributed by atoms with Crippen LogP contribution in [0, 0.1) is 6.92 Å². The van der Waals surface area contributed by atoms with Crippen molar-refractivity contribution in [3.05, 3.63) is 99.2 Å². The number of pyridine rings is 1. The number of rotatable bonds is 7. The first-order valence-electron chi connectivity index (χ1n) is 12.2. The lowest BCUT2D eigenvalue weighted by Gasteiger charge is -2.17. The minimum absolute atomic E-state index is 0.0205. The van der Waals surface area contributed by atoms with Crippen LogP contribution in [0.2, 0.25) is 0 Å². The molecule has 0 unspecified atom stereocenters. The van der Waals surface area contributed by atoms with Crippen LogP contribution in [-0.2, 0) is 22.6 Å². The van der Waals surface area contributed by atoms with E-state index in [1.54, 1.807) is 13.1 Å². The van der Waals surface area contributed by atoms with E-state index in [1.165, 1.54) is 42.5 Å². The van der Waals surface area contributed by atoms with Crippen molar-refractivity contribution in [2.24, 2.45) is 0 Å². The highest BCUT2D eigenvalue weighted by molar-refractivity contribution is 7.90. The minimum Gasteiger partial charge on any atom is -0.348 e. The number of carbonyl (C=O) groups excluding carboxylic acids is 1. The largest absolute Gasteiger partial charge is 0.416 e. The number of aromatic nitrogens is 3. The van der Waals surface area contributed by atoms with Crippen molar-refractivity contribution in [3.63, 3.8) is 0 Å². The molecule has 12 heteroatoms. The van der Waals surface area contributed by atoms with Crippen molar-refractivity contribution in [1.29, 1.82) is 0 Å². The van der Waals surface area contributed by atoms with E-state index in [-0.39, 0.29) is 28.6 Å². The molecule has 0 bridgehead atoms. The molecule has 0 aliphatic heterocycles. The number of alkyl halides is 3. The number of benzene rings is 2.